The molecule has 0 aliphatic rings. The molecular weight excluding hydrogens is 302 g/mol. The van der Waals surface area contributed by atoms with Crippen molar-refractivity contribution in [2.45, 2.75) is 0 Å². The van der Waals surface area contributed by atoms with Crippen LogP contribution >= 0.6 is 15.9 Å². The number of fused-ring (bicyclic) bond motifs is 1. The fourth-order valence-corrected chi connectivity index (χ4v) is 2.78. The average Bonchev–Trinajstić information content (AvgIpc) is 2.77. The van der Waals surface area contributed by atoms with Gasteiger partial charge in [0.1, 0.15) is 0 Å². The van der Waals surface area contributed by atoms with E-state index in [2.05, 4.69) is 15.9 Å². The number of benzene rings is 2. The van der Waals surface area contributed by atoms with Crippen molar-refractivity contribution in [1.29, 1.82) is 0 Å². The summed E-state index contributed by atoms with van der Waals surface area (Å²) in [5.74, 6) is 0.0456. The zero-order chi connectivity index (χ0) is 13.4. The highest BCUT2D eigenvalue weighted by Crippen LogP contribution is 2.25. The molecule has 0 atom stereocenters. The van der Waals surface area contributed by atoms with E-state index < -0.39 is 0 Å². The van der Waals surface area contributed by atoms with Crippen molar-refractivity contribution in [1.82, 2.24) is 4.57 Å². The summed E-state index contributed by atoms with van der Waals surface area (Å²) in [4.78, 5) is 12.7. The van der Waals surface area contributed by atoms with Crippen molar-refractivity contribution in [3.05, 3.63) is 70.3 Å². The molecule has 0 unspecified atom stereocenters. The van der Waals surface area contributed by atoms with E-state index in [1.165, 1.54) is 0 Å². The largest absolute Gasteiger partial charge is 0.350 e. The van der Waals surface area contributed by atoms with Crippen LogP contribution in [0.25, 0.3) is 10.9 Å². The van der Waals surface area contributed by atoms with Gasteiger partial charge in [0.2, 0.25) is 0 Å². The van der Waals surface area contributed by atoms with Gasteiger partial charge in [-0.3, -0.25) is 4.79 Å². The molecule has 19 heavy (non-hydrogen) atoms. The van der Waals surface area contributed by atoms with Gasteiger partial charge in [-0.1, -0.05) is 46.3 Å². The van der Waals surface area contributed by atoms with Gasteiger partial charge in [-0.2, -0.15) is 0 Å². The van der Waals surface area contributed by atoms with E-state index in [0.29, 0.717) is 5.56 Å². The number of carbonyl (C=O) groups excluding carboxylic acids is 1. The molecule has 3 heteroatoms. The third kappa shape index (κ3) is 2.00. The molecule has 0 spiro atoms. The van der Waals surface area contributed by atoms with E-state index in [9.17, 15) is 4.79 Å². The molecule has 2 aromatic carbocycles. The Hall–Kier alpha value is -1.87. The zero-order valence-electron chi connectivity index (χ0n) is 10.4. The summed E-state index contributed by atoms with van der Waals surface area (Å²) in [7, 11) is 1.96. The highest BCUT2D eigenvalue weighted by atomic mass is 79.9. The summed E-state index contributed by atoms with van der Waals surface area (Å²) in [5.41, 5.74) is 2.50. The van der Waals surface area contributed by atoms with Crippen molar-refractivity contribution in [2.24, 2.45) is 7.05 Å². The first-order chi connectivity index (χ1) is 9.18. The van der Waals surface area contributed by atoms with Crippen LogP contribution in [0.15, 0.2) is 59.2 Å². The molecule has 1 aromatic heterocycles. The topological polar surface area (TPSA) is 22.0 Å². The molecule has 3 rings (SSSR count). The number of nitrogens with zero attached hydrogens (tertiary/aromatic N) is 1. The van der Waals surface area contributed by atoms with Crippen LogP contribution in [0.1, 0.15) is 15.9 Å². The number of aryl methyl sites for hydroxylation is 1. The Balaban J connectivity index is 2.20. The van der Waals surface area contributed by atoms with Gasteiger partial charge < -0.3 is 4.57 Å². The molecule has 0 saturated carbocycles. The number of ketones is 1. The molecule has 3 aromatic rings. The van der Waals surface area contributed by atoms with Crippen LogP contribution in [0.2, 0.25) is 0 Å². The van der Waals surface area contributed by atoms with Gasteiger partial charge >= 0.3 is 0 Å². The Morgan fingerprint density at radius 1 is 1.00 bits per heavy atom. The average molecular weight is 314 g/mol. The summed E-state index contributed by atoms with van der Waals surface area (Å²) < 4.78 is 2.81. The second-order valence-electron chi connectivity index (χ2n) is 4.48. The minimum atomic E-state index is 0.0456. The van der Waals surface area contributed by atoms with Gasteiger partial charge in [-0.25, -0.2) is 0 Å². The van der Waals surface area contributed by atoms with Crippen molar-refractivity contribution in [3.63, 3.8) is 0 Å². The Kier molecular flexibility index (Phi) is 2.99. The van der Waals surface area contributed by atoms with E-state index in [0.717, 1.165) is 20.9 Å². The van der Waals surface area contributed by atoms with Gasteiger partial charge in [0.25, 0.3) is 0 Å². The summed E-state index contributed by atoms with van der Waals surface area (Å²) in [5, 5.41) is 0.991. The number of carbonyl (C=O) groups is 1. The zero-order valence-corrected chi connectivity index (χ0v) is 12.0. The quantitative estimate of drug-likeness (QED) is 0.651. The van der Waals surface area contributed by atoms with Gasteiger partial charge in [0.05, 0.1) is 0 Å². The monoisotopic (exact) mass is 313 g/mol. The molecule has 0 saturated heterocycles. The molecule has 0 N–H and O–H groups in total. The first-order valence-electron chi connectivity index (χ1n) is 6.02. The van der Waals surface area contributed by atoms with Gasteiger partial charge in [-0.15, -0.1) is 0 Å². The highest BCUT2D eigenvalue weighted by molar-refractivity contribution is 9.10. The SMILES string of the molecule is Cn1cc(C(=O)c2ccccc2Br)c2ccccc21. The molecule has 0 amide bonds. The van der Waals surface area contributed by atoms with Crippen LogP contribution in [-0.2, 0) is 7.05 Å². The lowest BCUT2D eigenvalue weighted by Crippen LogP contribution is -2.01. The highest BCUT2D eigenvalue weighted by Gasteiger charge is 2.17. The smallest absolute Gasteiger partial charge is 0.196 e. The minimum absolute atomic E-state index is 0.0456. The second kappa shape index (κ2) is 4.67. The lowest BCUT2D eigenvalue weighted by molar-refractivity contribution is 0.103. The first kappa shape index (κ1) is 12.2. The predicted octanol–water partition coefficient (Wildman–Crippen LogP) is 4.17. The molecular formula is C16H12BrNO. The van der Waals surface area contributed by atoms with Crippen molar-refractivity contribution in [3.8, 4) is 0 Å². The third-order valence-electron chi connectivity index (χ3n) is 3.26. The van der Waals surface area contributed by atoms with Gasteiger partial charge in [-0.05, 0) is 18.2 Å². The Bertz CT molecular complexity index is 773. The summed E-state index contributed by atoms with van der Waals surface area (Å²) in [6, 6.07) is 15.5. The van der Waals surface area contributed by atoms with Crippen LogP contribution in [0.4, 0.5) is 0 Å². The van der Waals surface area contributed by atoms with E-state index in [1.54, 1.807) is 0 Å². The fourth-order valence-electron chi connectivity index (χ4n) is 2.31. The number of hydrogen-bond acceptors (Lipinski definition) is 1. The lowest BCUT2D eigenvalue weighted by atomic mass is 10.0. The fraction of sp³-hybridized carbons (Fsp3) is 0.0625. The molecule has 0 bridgehead atoms. The molecule has 0 aliphatic heterocycles. The third-order valence-corrected chi connectivity index (χ3v) is 3.95. The Morgan fingerprint density at radius 3 is 2.47 bits per heavy atom. The van der Waals surface area contributed by atoms with Crippen molar-refractivity contribution in [2.75, 3.05) is 0 Å². The molecule has 94 valence electrons. The van der Waals surface area contributed by atoms with E-state index in [4.69, 9.17) is 0 Å². The predicted molar refractivity (Wildman–Crippen MR) is 80.5 cm³/mol. The van der Waals surface area contributed by atoms with Gasteiger partial charge in [0.15, 0.2) is 5.78 Å². The normalized spacial score (nSPS) is 10.8. The summed E-state index contributed by atoms with van der Waals surface area (Å²) >= 11 is 3.44. The second-order valence-corrected chi connectivity index (χ2v) is 5.33. The van der Waals surface area contributed by atoms with Crippen LogP contribution in [0, 0.1) is 0 Å². The lowest BCUT2D eigenvalue weighted by Gasteiger charge is -2.02. The number of rotatable bonds is 2. The van der Waals surface area contributed by atoms with E-state index in [-0.39, 0.29) is 5.78 Å². The first-order valence-corrected chi connectivity index (χ1v) is 6.81. The van der Waals surface area contributed by atoms with Crippen molar-refractivity contribution >= 4 is 32.6 Å². The van der Waals surface area contributed by atoms with Crippen LogP contribution < -0.4 is 0 Å². The molecule has 2 nitrogen and oxygen atoms in total. The van der Waals surface area contributed by atoms with Crippen LogP contribution in [0.5, 0.6) is 0 Å². The van der Waals surface area contributed by atoms with Gasteiger partial charge in [0, 0.05) is 39.7 Å². The standard InChI is InChI=1S/C16H12BrNO/c1-18-10-13(11-6-3-5-9-15(11)18)16(19)12-7-2-4-8-14(12)17/h2-10H,1H3. The Morgan fingerprint density at radius 2 is 1.68 bits per heavy atom. The maximum absolute atomic E-state index is 12.7. The number of para-hydroxylation sites is 1. The molecule has 0 aliphatic carbocycles. The van der Waals surface area contributed by atoms with E-state index in [1.807, 2.05) is 66.3 Å². The number of hydrogen-bond donors (Lipinski definition) is 0. The molecule has 0 radical (unpaired) electrons. The van der Waals surface area contributed by atoms with E-state index >= 15 is 0 Å². The number of halogens is 1. The summed E-state index contributed by atoms with van der Waals surface area (Å²) in [6.45, 7) is 0. The van der Waals surface area contributed by atoms with Crippen LogP contribution in [-0.4, -0.2) is 10.4 Å². The van der Waals surface area contributed by atoms with Crippen molar-refractivity contribution < 1.29 is 4.79 Å². The minimum Gasteiger partial charge on any atom is -0.350 e. The maximum Gasteiger partial charge on any atom is 0.196 e. The maximum atomic E-state index is 12.7. The molecule has 1 heterocycles. The Labute approximate surface area is 119 Å². The van der Waals surface area contributed by atoms with Crippen LogP contribution in [0.3, 0.4) is 0 Å². The summed E-state index contributed by atoms with van der Waals surface area (Å²) in [6.07, 6.45) is 1.90. The molecule has 0 fully saturated rings. The number of aromatic nitrogens is 1.